The van der Waals surface area contributed by atoms with E-state index in [-0.39, 0.29) is 17.6 Å². The molecule has 2 rings (SSSR count). The van der Waals surface area contributed by atoms with Gasteiger partial charge in [0.15, 0.2) is 0 Å². The molecular weight excluding hydrogens is 348 g/mol. The van der Waals surface area contributed by atoms with Crippen LogP contribution >= 0.6 is 0 Å². The summed E-state index contributed by atoms with van der Waals surface area (Å²) in [5.74, 6) is 1.31. The van der Waals surface area contributed by atoms with Crippen molar-refractivity contribution in [1.82, 2.24) is 4.90 Å². The number of carbonyl (C=O) groups excluding carboxylic acids is 1. The molecule has 1 amide bonds. The van der Waals surface area contributed by atoms with Crippen LogP contribution in [0.25, 0.3) is 0 Å². The van der Waals surface area contributed by atoms with E-state index in [4.69, 9.17) is 9.47 Å². The maximum absolute atomic E-state index is 12.6. The van der Waals surface area contributed by atoms with Crippen molar-refractivity contribution in [3.63, 3.8) is 0 Å². The van der Waals surface area contributed by atoms with E-state index in [0.29, 0.717) is 24.3 Å². The number of aryl methyl sites for hydroxylation is 1. The van der Waals surface area contributed by atoms with Crippen molar-refractivity contribution in [2.75, 3.05) is 21.3 Å². The first-order valence-corrected chi connectivity index (χ1v) is 8.57. The minimum atomic E-state index is -0.436. The molecular formula is C20H24N2O5. The fourth-order valence-electron chi connectivity index (χ4n) is 2.78. The molecule has 7 heteroatoms. The third kappa shape index (κ3) is 5.20. The monoisotopic (exact) mass is 372 g/mol. The molecule has 0 unspecified atom stereocenters. The van der Waals surface area contributed by atoms with Gasteiger partial charge in [-0.15, -0.1) is 0 Å². The Hall–Kier alpha value is -3.09. The Morgan fingerprint density at radius 1 is 1.15 bits per heavy atom. The summed E-state index contributed by atoms with van der Waals surface area (Å²) in [5, 5.41) is 10.9. The summed E-state index contributed by atoms with van der Waals surface area (Å²) < 4.78 is 10.5. The fourth-order valence-corrected chi connectivity index (χ4v) is 2.78. The van der Waals surface area contributed by atoms with E-state index >= 15 is 0 Å². The summed E-state index contributed by atoms with van der Waals surface area (Å²) in [5.41, 5.74) is 1.68. The minimum Gasteiger partial charge on any atom is -0.497 e. The lowest BCUT2D eigenvalue weighted by molar-refractivity contribution is -0.384. The van der Waals surface area contributed by atoms with Gasteiger partial charge in [0.05, 0.1) is 25.2 Å². The highest BCUT2D eigenvalue weighted by atomic mass is 16.6. The number of amides is 1. The zero-order valence-corrected chi connectivity index (χ0v) is 16.0. The fraction of sp³-hybridized carbons (Fsp3) is 0.350. The molecule has 0 saturated heterocycles. The number of ether oxygens (including phenoxy) is 2. The molecule has 0 N–H and O–H groups in total. The molecule has 0 aliphatic heterocycles. The molecule has 2 aromatic rings. The lowest BCUT2D eigenvalue weighted by Gasteiger charge is -2.25. The highest BCUT2D eigenvalue weighted by Crippen LogP contribution is 2.25. The molecule has 0 aliphatic rings. The second kappa shape index (κ2) is 9.02. The number of hydrogen-bond donors (Lipinski definition) is 0. The number of carbonyl (C=O) groups is 1. The first-order valence-electron chi connectivity index (χ1n) is 8.57. The number of nitro benzene ring substituents is 1. The molecule has 27 heavy (non-hydrogen) atoms. The van der Waals surface area contributed by atoms with Gasteiger partial charge in [-0.25, -0.2) is 0 Å². The van der Waals surface area contributed by atoms with Crippen molar-refractivity contribution in [1.29, 1.82) is 0 Å². The van der Waals surface area contributed by atoms with Crippen LogP contribution in [0, 0.1) is 10.1 Å². The third-order valence-electron chi connectivity index (χ3n) is 4.58. The Balaban J connectivity index is 2.05. The molecule has 0 aliphatic carbocycles. The highest BCUT2D eigenvalue weighted by Gasteiger charge is 2.19. The molecule has 0 spiro atoms. The minimum absolute atomic E-state index is 0.0173. The molecule has 0 fully saturated rings. The first kappa shape index (κ1) is 20.2. The van der Waals surface area contributed by atoms with E-state index in [0.717, 1.165) is 11.1 Å². The summed E-state index contributed by atoms with van der Waals surface area (Å²) in [6, 6.07) is 11.6. The van der Waals surface area contributed by atoms with Gasteiger partial charge < -0.3 is 14.4 Å². The average Bonchev–Trinajstić information content (AvgIpc) is 2.70. The molecule has 0 bridgehead atoms. The second-order valence-corrected chi connectivity index (χ2v) is 6.25. The van der Waals surface area contributed by atoms with Crippen LogP contribution in [0.2, 0.25) is 0 Å². The molecule has 0 radical (unpaired) electrons. The van der Waals surface area contributed by atoms with Gasteiger partial charge in [-0.05, 0) is 36.6 Å². The van der Waals surface area contributed by atoms with Crippen molar-refractivity contribution in [3.05, 3.63) is 63.7 Å². The summed E-state index contributed by atoms with van der Waals surface area (Å²) in [7, 11) is 4.87. The molecule has 0 aromatic heterocycles. The van der Waals surface area contributed by atoms with Crippen molar-refractivity contribution in [2.24, 2.45) is 0 Å². The number of methoxy groups -OCH3 is 2. The third-order valence-corrected chi connectivity index (χ3v) is 4.58. The van der Waals surface area contributed by atoms with Crippen LogP contribution in [0.3, 0.4) is 0 Å². The number of benzene rings is 2. The quantitative estimate of drug-likeness (QED) is 0.520. The standard InChI is InChI=1S/C20H24N2O5/c1-14(16-6-5-7-17(12-16)22(24)25)21(2)20(23)9-8-15-10-18(26-3)13-19(11-15)27-4/h5-7,10-14H,8-9H2,1-4H3/t14-/m0/s1. The van der Waals surface area contributed by atoms with E-state index in [2.05, 4.69) is 0 Å². The smallest absolute Gasteiger partial charge is 0.269 e. The summed E-state index contributed by atoms with van der Waals surface area (Å²) in [6.07, 6.45) is 0.852. The molecule has 0 heterocycles. The van der Waals surface area contributed by atoms with Crippen LogP contribution in [-0.2, 0) is 11.2 Å². The molecule has 2 aromatic carbocycles. The van der Waals surface area contributed by atoms with Crippen LogP contribution in [0.15, 0.2) is 42.5 Å². The predicted octanol–water partition coefficient (Wildman–Crippen LogP) is 3.76. The summed E-state index contributed by atoms with van der Waals surface area (Å²) in [4.78, 5) is 24.7. The molecule has 7 nitrogen and oxygen atoms in total. The molecule has 1 atom stereocenters. The first-order chi connectivity index (χ1) is 12.8. The molecule has 144 valence electrons. The van der Waals surface area contributed by atoms with E-state index in [1.54, 1.807) is 44.4 Å². The van der Waals surface area contributed by atoms with E-state index in [1.807, 2.05) is 19.1 Å². The lowest BCUT2D eigenvalue weighted by Crippen LogP contribution is -2.29. The number of nitrogens with zero attached hydrogens (tertiary/aromatic N) is 2. The normalized spacial score (nSPS) is 11.6. The van der Waals surface area contributed by atoms with Gasteiger partial charge in [0.1, 0.15) is 11.5 Å². The summed E-state index contributed by atoms with van der Waals surface area (Å²) in [6.45, 7) is 1.85. The zero-order valence-electron chi connectivity index (χ0n) is 16.0. The van der Waals surface area contributed by atoms with Gasteiger partial charge in [-0.1, -0.05) is 12.1 Å². The van der Waals surface area contributed by atoms with E-state index in [1.165, 1.54) is 12.1 Å². The van der Waals surface area contributed by atoms with Gasteiger partial charge in [-0.3, -0.25) is 14.9 Å². The van der Waals surface area contributed by atoms with Crippen LogP contribution in [0.5, 0.6) is 11.5 Å². The maximum Gasteiger partial charge on any atom is 0.269 e. The Labute approximate surface area is 158 Å². The van der Waals surface area contributed by atoms with Crippen molar-refractivity contribution in [2.45, 2.75) is 25.8 Å². The average molecular weight is 372 g/mol. The Bertz CT molecular complexity index is 800. The molecule has 0 saturated carbocycles. The number of nitro groups is 1. The Kier molecular flexibility index (Phi) is 6.76. The summed E-state index contributed by atoms with van der Waals surface area (Å²) >= 11 is 0. The van der Waals surface area contributed by atoms with Gasteiger partial charge in [0.25, 0.3) is 5.69 Å². The predicted molar refractivity (Wildman–Crippen MR) is 102 cm³/mol. The highest BCUT2D eigenvalue weighted by molar-refractivity contribution is 5.76. The van der Waals surface area contributed by atoms with Crippen molar-refractivity contribution < 1.29 is 19.2 Å². The van der Waals surface area contributed by atoms with Crippen LogP contribution < -0.4 is 9.47 Å². The topological polar surface area (TPSA) is 81.9 Å². The maximum atomic E-state index is 12.6. The van der Waals surface area contributed by atoms with Crippen LogP contribution in [-0.4, -0.2) is 37.0 Å². The van der Waals surface area contributed by atoms with Crippen molar-refractivity contribution in [3.8, 4) is 11.5 Å². The Morgan fingerprint density at radius 3 is 2.33 bits per heavy atom. The van der Waals surface area contributed by atoms with Gasteiger partial charge in [0, 0.05) is 31.7 Å². The number of non-ortho nitro benzene ring substituents is 1. The van der Waals surface area contributed by atoms with Gasteiger partial charge in [-0.2, -0.15) is 0 Å². The van der Waals surface area contributed by atoms with E-state index < -0.39 is 4.92 Å². The Morgan fingerprint density at radius 2 is 1.78 bits per heavy atom. The van der Waals surface area contributed by atoms with E-state index in [9.17, 15) is 14.9 Å². The van der Waals surface area contributed by atoms with Gasteiger partial charge >= 0.3 is 0 Å². The van der Waals surface area contributed by atoms with Crippen molar-refractivity contribution >= 4 is 11.6 Å². The van der Waals surface area contributed by atoms with Gasteiger partial charge in [0.2, 0.25) is 5.91 Å². The lowest BCUT2D eigenvalue weighted by atomic mass is 10.0. The SMILES string of the molecule is COc1cc(CCC(=O)N(C)[C@@H](C)c2cccc([N+](=O)[O-])c2)cc(OC)c1. The zero-order chi connectivity index (χ0) is 20.0. The second-order valence-electron chi connectivity index (χ2n) is 6.25. The largest absolute Gasteiger partial charge is 0.497 e. The van der Waals surface area contributed by atoms with Crippen LogP contribution in [0.1, 0.15) is 30.5 Å². The number of rotatable bonds is 8. The van der Waals surface area contributed by atoms with Crippen LogP contribution in [0.4, 0.5) is 5.69 Å². The number of hydrogen-bond acceptors (Lipinski definition) is 5.